The first-order chi connectivity index (χ1) is 11.4. The number of hydrogen-bond donors (Lipinski definition) is 3. The molecule has 1 atom stereocenters. The predicted octanol–water partition coefficient (Wildman–Crippen LogP) is 3.07. The van der Waals surface area contributed by atoms with Gasteiger partial charge in [-0.25, -0.2) is 13.2 Å². The monoisotopic (exact) mass is 367 g/mol. The summed E-state index contributed by atoms with van der Waals surface area (Å²) in [7, 11) is -3.32. The summed E-state index contributed by atoms with van der Waals surface area (Å²) in [5.41, 5.74) is 1.28. The molecule has 0 aliphatic heterocycles. The highest BCUT2D eigenvalue weighted by molar-refractivity contribution is 7.92. The summed E-state index contributed by atoms with van der Waals surface area (Å²) in [5.74, 6) is 0. The highest BCUT2D eigenvalue weighted by atomic mass is 32.2. The second-order valence-electron chi connectivity index (χ2n) is 5.38. The summed E-state index contributed by atoms with van der Waals surface area (Å²) in [6.45, 7) is 2.33. The van der Waals surface area contributed by atoms with Gasteiger partial charge in [-0.3, -0.25) is 4.72 Å². The van der Waals surface area contributed by atoms with E-state index in [0.717, 1.165) is 23.1 Å². The molecule has 130 valence electrons. The highest BCUT2D eigenvalue weighted by Gasteiger charge is 2.13. The molecule has 0 aliphatic rings. The van der Waals surface area contributed by atoms with Crippen LogP contribution in [-0.2, 0) is 16.6 Å². The Morgan fingerprint density at radius 1 is 1.25 bits per heavy atom. The standard InChI is InChI=1S/C16H21N3O3S2/c1-3-14(15-8-5-9-23-15)18-16(20)17-11-12-6-4-7-13(10-12)19-24(2,21)22/h4-10,14,19H,3,11H2,1-2H3,(H2,17,18,20)/t14-/m1/s1. The summed E-state index contributed by atoms with van der Waals surface area (Å²) in [5, 5.41) is 7.72. The summed E-state index contributed by atoms with van der Waals surface area (Å²) in [4.78, 5) is 13.2. The number of hydrogen-bond acceptors (Lipinski definition) is 4. The van der Waals surface area contributed by atoms with Crippen molar-refractivity contribution in [2.24, 2.45) is 0 Å². The van der Waals surface area contributed by atoms with Gasteiger partial charge in [0.2, 0.25) is 10.0 Å². The van der Waals surface area contributed by atoms with E-state index >= 15 is 0 Å². The normalized spacial score (nSPS) is 12.4. The predicted molar refractivity (Wildman–Crippen MR) is 97.6 cm³/mol. The lowest BCUT2D eigenvalue weighted by Crippen LogP contribution is -2.37. The molecular formula is C16H21N3O3S2. The van der Waals surface area contributed by atoms with Crippen LogP contribution in [0.4, 0.5) is 10.5 Å². The maximum atomic E-state index is 12.1. The van der Waals surface area contributed by atoms with Gasteiger partial charge in [-0.2, -0.15) is 0 Å². The van der Waals surface area contributed by atoms with Gasteiger partial charge in [0.1, 0.15) is 0 Å². The molecule has 24 heavy (non-hydrogen) atoms. The Bertz CT molecular complexity index is 774. The van der Waals surface area contributed by atoms with Crippen molar-refractivity contribution >= 4 is 33.1 Å². The molecule has 0 unspecified atom stereocenters. The molecule has 1 heterocycles. The van der Waals surface area contributed by atoms with E-state index in [-0.39, 0.29) is 12.1 Å². The minimum absolute atomic E-state index is 0.0109. The summed E-state index contributed by atoms with van der Waals surface area (Å²) < 4.78 is 24.9. The zero-order valence-corrected chi connectivity index (χ0v) is 15.2. The van der Waals surface area contributed by atoms with Crippen LogP contribution in [0.1, 0.15) is 29.8 Å². The van der Waals surface area contributed by atoms with Gasteiger partial charge in [0.25, 0.3) is 0 Å². The lowest BCUT2D eigenvalue weighted by atomic mass is 10.2. The van der Waals surface area contributed by atoms with Crippen molar-refractivity contribution in [3.63, 3.8) is 0 Å². The van der Waals surface area contributed by atoms with Crippen molar-refractivity contribution in [3.8, 4) is 0 Å². The first kappa shape index (κ1) is 18.3. The third kappa shape index (κ3) is 5.86. The number of benzene rings is 1. The van der Waals surface area contributed by atoms with Crippen LogP contribution >= 0.6 is 11.3 Å². The molecular weight excluding hydrogens is 346 g/mol. The van der Waals surface area contributed by atoms with E-state index in [4.69, 9.17) is 0 Å². The van der Waals surface area contributed by atoms with E-state index in [1.54, 1.807) is 29.5 Å². The molecule has 0 bridgehead atoms. The van der Waals surface area contributed by atoms with E-state index in [9.17, 15) is 13.2 Å². The molecule has 1 aromatic heterocycles. The van der Waals surface area contributed by atoms with Gasteiger partial charge in [-0.05, 0) is 35.6 Å². The first-order valence-electron chi connectivity index (χ1n) is 7.52. The lowest BCUT2D eigenvalue weighted by Gasteiger charge is -2.16. The molecule has 3 N–H and O–H groups in total. The molecule has 2 aromatic rings. The second-order valence-corrected chi connectivity index (χ2v) is 8.11. The molecule has 0 spiro atoms. The third-order valence-corrected chi connectivity index (χ3v) is 4.88. The van der Waals surface area contributed by atoms with Crippen LogP contribution < -0.4 is 15.4 Å². The minimum atomic E-state index is -3.32. The number of urea groups is 1. The van der Waals surface area contributed by atoms with Gasteiger partial charge < -0.3 is 10.6 Å². The number of amides is 2. The maximum Gasteiger partial charge on any atom is 0.315 e. The van der Waals surface area contributed by atoms with Crippen LogP contribution in [0.25, 0.3) is 0 Å². The van der Waals surface area contributed by atoms with Crippen molar-refractivity contribution in [2.45, 2.75) is 25.9 Å². The molecule has 0 fully saturated rings. The molecule has 2 rings (SSSR count). The summed E-state index contributed by atoms with van der Waals surface area (Å²) in [6.07, 6.45) is 1.91. The molecule has 0 aliphatic carbocycles. The summed E-state index contributed by atoms with van der Waals surface area (Å²) >= 11 is 1.61. The van der Waals surface area contributed by atoms with Crippen molar-refractivity contribution in [1.82, 2.24) is 10.6 Å². The van der Waals surface area contributed by atoms with Crippen molar-refractivity contribution in [1.29, 1.82) is 0 Å². The molecule has 8 heteroatoms. The van der Waals surface area contributed by atoms with E-state index < -0.39 is 10.0 Å². The number of nitrogens with one attached hydrogen (secondary N) is 3. The van der Waals surface area contributed by atoms with E-state index in [0.29, 0.717) is 12.2 Å². The van der Waals surface area contributed by atoms with Crippen LogP contribution in [0, 0.1) is 0 Å². The van der Waals surface area contributed by atoms with Gasteiger partial charge in [0, 0.05) is 17.1 Å². The fraction of sp³-hybridized carbons (Fsp3) is 0.312. The Hall–Kier alpha value is -2.06. The van der Waals surface area contributed by atoms with Crippen LogP contribution in [0.3, 0.4) is 0 Å². The zero-order chi connectivity index (χ0) is 17.6. The van der Waals surface area contributed by atoms with Crippen LogP contribution in [0.5, 0.6) is 0 Å². The number of thiophene rings is 1. The molecule has 2 amide bonds. The summed E-state index contributed by atoms with van der Waals surface area (Å²) in [6, 6.07) is 10.6. The second kappa shape index (κ2) is 8.16. The number of carbonyl (C=O) groups excluding carboxylic acids is 1. The SMILES string of the molecule is CC[C@@H](NC(=O)NCc1cccc(NS(C)(=O)=O)c1)c1cccs1. The Labute approximate surface area is 146 Å². The quantitative estimate of drug-likeness (QED) is 0.703. The molecule has 0 saturated heterocycles. The topological polar surface area (TPSA) is 87.3 Å². The average molecular weight is 367 g/mol. The molecule has 1 aromatic carbocycles. The lowest BCUT2D eigenvalue weighted by molar-refractivity contribution is 0.236. The Balaban J connectivity index is 1.90. The van der Waals surface area contributed by atoms with Gasteiger partial charge in [-0.15, -0.1) is 11.3 Å². The van der Waals surface area contributed by atoms with Gasteiger partial charge >= 0.3 is 6.03 Å². The van der Waals surface area contributed by atoms with E-state index in [1.807, 2.05) is 30.5 Å². The van der Waals surface area contributed by atoms with Gasteiger partial charge in [0.05, 0.1) is 12.3 Å². The van der Waals surface area contributed by atoms with Gasteiger partial charge in [0.15, 0.2) is 0 Å². The van der Waals surface area contributed by atoms with E-state index in [2.05, 4.69) is 15.4 Å². The zero-order valence-electron chi connectivity index (χ0n) is 13.6. The Morgan fingerprint density at radius 3 is 2.67 bits per heavy atom. The number of anilines is 1. The van der Waals surface area contributed by atoms with Crippen molar-refractivity contribution in [2.75, 3.05) is 11.0 Å². The largest absolute Gasteiger partial charge is 0.334 e. The fourth-order valence-corrected chi connectivity index (χ4v) is 3.63. The number of sulfonamides is 1. The van der Waals surface area contributed by atoms with E-state index in [1.165, 1.54) is 0 Å². The molecule has 0 saturated carbocycles. The molecule has 6 nitrogen and oxygen atoms in total. The van der Waals surface area contributed by atoms with Crippen LogP contribution in [-0.4, -0.2) is 20.7 Å². The van der Waals surface area contributed by atoms with Gasteiger partial charge in [-0.1, -0.05) is 25.1 Å². The number of rotatable bonds is 7. The maximum absolute atomic E-state index is 12.1. The average Bonchev–Trinajstić information content (AvgIpc) is 3.03. The Kier molecular flexibility index (Phi) is 6.22. The minimum Gasteiger partial charge on any atom is -0.334 e. The first-order valence-corrected chi connectivity index (χ1v) is 10.3. The molecule has 0 radical (unpaired) electrons. The van der Waals surface area contributed by atoms with Crippen molar-refractivity contribution < 1.29 is 13.2 Å². The van der Waals surface area contributed by atoms with Crippen LogP contribution in [0.15, 0.2) is 41.8 Å². The fourth-order valence-electron chi connectivity index (χ4n) is 2.21. The number of carbonyl (C=O) groups is 1. The Morgan fingerprint density at radius 2 is 2.04 bits per heavy atom. The highest BCUT2D eigenvalue weighted by Crippen LogP contribution is 2.21. The third-order valence-electron chi connectivity index (χ3n) is 3.28. The smallest absolute Gasteiger partial charge is 0.315 e. The van der Waals surface area contributed by atoms with Crippen LogP contribution in [0.2, 0.25) is 0 Å². The van der Waals surface area contributed by atoms with Crippen molar-refractivity contribution in [3.05, 3.63) is 52.2 Å².